The normalized spacial score (nSPS) is 11.6. The van der Waals surface area contributed by atoms with Crippen LogP contribution in [0, 0.1) is 13.8 Å². The van der Waals surface area contributed by atoms with E-state index in [0.717, 1.165) is 16.2 Å². The number of thiophene rings is 1. The van der Waals surface area contributed by atoms with Gasteiger partial charge in [-0.15, -0.1) is 22.7 Å². The van der Waals surface area contributed by atoms with Crippen molar-refractivity contribution >= 4 is 38.7 Å². The Bertz CT molecular complexity index is 761. The zero-order chi connectivity index (χ0) is 15.6. The lowest BCUT2D eigenvalue weighted by Gasteiger charge is -2.07. The van der Waals surface area contributed by atoms with Crippen LogP contribution in [0.15, 0.2) is 16.5 Å². The van der Waals surface area contributed by atoms with Gasteiger partial charge in [-0.3, -0.25) is 0 Å². The molecule has 0 atom stereocenters. The van der Waals surface area contributed by atoms with Crippen LogP contribution in [0.25, 0.3) is 0 Å². The number of sulfonamides is 1. The van der Waals surface area contributed by atoms with Gasteiger partial charge in [-0.05, 0) is 24.8 Å². The van der Waals surface area contributed by atoms with E-state index in [1.807, 2.05) is 6.92 Å². The van der Waals surface area contributed by atoms with Crippen molar-refractivity contribution in [2.24, 2.45) is 0 Å². The number of thiazole rings is 1. The van der Waals surface area contributed by atoms with Gasteiger partial charge >= 0.3 is 5.97 Å². The van der Waals surface area contributed by atoms with E-state index in [9.17, 15) is 13.2 Å². The number of aromatic nitrogens is 1. The van der Waals surface area contributed by atoms with Crippen molar-refractivity contribution in [2.75, 3.05) is 7.11 Å². The van der Waals surface area contributed by atoms with E-state index in [-0.39, 0.29) is 16.3 Å². The molecule has 6 nitrogen and oxygen atoms in total. The number of hydrogen-bond donors (Lipinski definition) is 1. The minimum absolute atomic E-state index is 0.0207. The third-order valence-corrected chi connectivity index (χ3v) is 6.35. The Morgan fingerprint density at radius 2 is 2.14 bits per heavy atom. The van der Waals surface area contributed by atoms with E-state index < -0.39 is 16.0 Å². The second-order valence-electron chi connectivity index (χ2n) is 4.26. The highest BCUT2D eigenvalue weighted by Crippen LogP contribution is 2.27. The summed E-state index contributed by atoms with van der Waals surface area (Å²) in [4.78, 5) is 16.8. The number of esters is 1. The van der Waals surface area contributed by atoms with Crippen LogP contribution in [0.3, 0.4) is 0 Å². The summed E-state index contributed by atoms with van der Waals surface area (Å²) in [6.45, 7) is 3.63. The first kappa shape index (κ1) is 16.1. The molecule has 9 heteroatoms. The van der Waals surface area contributed by atoms with E-state index in [4.69, 9.17) is 0 Å². The number of carbonyl (C=O) groups excluding carboxylic acids is 1. The molecule has 0 bridgehead atoms. The predicted octanol–water partition coefficient (Wildman–Crippen LogP) is 2.09. The average molecular weight is 346 g/mol. The lowest BCUT2D eigenvalue weighted by atomic mass is 10.3. The molecule has 1 N–H and O–H groups in total. The van der Waals surface area contributed by atoms with Crippen molar-refractivity contribution < 1.29 is 17.9 Å². The molecule has 0 fully saturated rings. The van der Waals surface area contributed by atoms with Crippen molar-refractivity contribution in [1.82, 2.24) is 9.71 Å². The third-order valence-electron chi connectivity index (χ3n) is 2.64. The molecule has 0 aromatic carbocycles. The van der Waals surface area contributed by atoms with Crippen molar-refractivity contribution in [3.8, 4) is 0 Å². The molecule has 0 aliphatic rings. The lowest BCUT2D eigenvalue weighted by Crippen LogP contribution is -2.25. The zero-order valence-corrected chi connectivity index (χ0v) is 14.1. The van der Waals surface area contributed by atoms with Gasteiger partial charge < -0.3 is 4.74 Å². The van der Waals surface area contributed by atoms with Crippen molar-refractivity contribution in [2.45, 2.75) is 25.3 Å². The lowest BCUT2D eigenvalue weighted by molar-refractivity contribution is 0.0602. The van der Waals surface area contributed by atoms with E-state index in [1.54, 1.807) is 18.5 Å². The largest absolute Gasteiger partial charge is 0.465 e. The number of nitrogens with one attached hydrogen (secondary N) is 1. The van der Waals surface area contributed by atoms with Crippen molar-refractivity contribution in [1.29, 1.82) is 0 Å². The third kappa shape index (κ3) is 3.49. The van der Waals surface area contributed by atoms with Gasteiger partial charge in [0.05, 0.1) is 13.7 Å². The Morgan fingerprint density at radius 1 is 1.43 bits per heavy atom. The molecule has 0 spiro atoms. The maximum Gasteiger partial charge on any atom is 0.349 e. The molecule has 2 heterocycles. The van der Waals surface area contributed by atoms with E-state index in [0.29, 0.717) is 10.6 Å². The van der Waals surface area contributed by atoms with Crippen LogP contribution in [0.2, 0.25) is 0 Å². The summed E-state index contributed by atoms with van der Waals surface area (Å²) >= 11 is 2.47. The molecule has 21 heavy (non-hydrogen) atoms. The zero-order valence-electron chi connectivity index (χ0n) is 11.7. The van der Waals surface area contributed by atoms with Crippen LogP contribution in [0.1, 0.15) is 25.1 Å². The fourth-order valence-corrected chi connectivity index (χ4v) is 5.22. The quantitative estimate of drug-likeness (QED) is 0.838. The molecule has 0 aliphatic carbocycles. The highest BCUT2D eigenvalue weighted by atomic mass is 32.2. The summed E-state index contributed by atoms with van der Waals surface area (Å²) in [6, 6.07) is 0. The molecule has 2 aromatic rings. The molecular weight excluding hydrogens is 332 g/mol. The summed E-state index contributed by atoms with van der Waals surface area (Å²) in [5.74, 6) is -0.654. The van der Waals surface area contributed by atoms with Crippen molar-refractivity contribution in [3.63, 3.8) is 0 Å². The topological polar surface area (TPSA) is 85.4 Å². The molecule has 0 amide bonds. The Hall–Kier alpha value is -1.29. The first-order chi connectivity index (χ1) is 9.85. The number of ether oxygens (including phenoxy) is 1. The highest BCUT2D eigenvalue weighted by Gasteiger charge is 2.27. The summed E-state index contributed by atoms with van der Waals surface area (Å²) in [5, 5.41) is 2.29. The molecule has 2 aromatic heterocycles. The second kappa shape index (κ2) is 6.22. The summed E-state index contributed by atoms with van der Waals surface area (Å²) in [6.07, 6.45) is 1.68. The summed E-state index contributed by atoms with van der Waals surface area (Å²) in [7, 11) is -2.57. The first-order valence-corrected chi connectivity index (χ1v) is 9.10. The predicted molar refractivity (Wildman–Crippen MR) is 81.3 cm³/mol. The maximum atomic E-state index is 12.4. The Kier molecular flexibility index (Phi) is 4.77. The van der Waals surface area contributed by atoms with Gasteiger partial charge in [0, 0.05) is 11.1 Å². The monoisotopic (exact) mass is 346 g/mol. The maximum absolute atomic E-state index is 12.4. The molecular formula is C12H14N2O4S3. The SMILES string of the molecule is COC(=O)c1scc(C)c1S(=O)(=O)NCc1ncc(C)s1. The fraction of sp³-hybridized carbons (Fsp3) is 0.333. The van der Waals surface area contributed by atoms with Gasteiger partial charge in [-0.2, -0.15) is 0 Å². The van der Waals surface area contributed by atoms with Gasteiger partial charge in [0.25, 0.3) is 0 Å². The second-order valence-corrected chi connectivity index (χ2v) is 8.16. The standard InChI is InChI=1S/C12H14N2O4S3/c1-7-6-19-10(12(15)18-3)11(7)21(16,17)14-5-9-13-4-8(2)20-9/h4,6,14H,5H2,1-3H3. The van der Waals surface area contributed by atoms with E-state index in [2.05, 4.69) is 14.4 Å². The Labute approximate surface area is 130 Å². The smallest absolute Gasteiger partial charge is 0.349 e. The van der Waals surface area contributed by atoms with Crippen LogP contribution in [-0.2, 0) is 21.3 Å². The van der Waals surface area contributed by atoms with Gasteiger partial charge in [-0.25, -0.2) is 22.9 Å². The number of aryl methyl sites for hydroxylation is 2. The van der Waals surface area contributed by atoms with E-state index >= 15 is 0 Å². The molecule has 2 rings (SSSR count). The summed E-state index contributed by atoms with van der Waals surface area (Å²) < 4.78 is 31.9. The van der Waals surface area contributed by atoms with Crippen LogP contribution >= 0.6 is 22.7 Å². The van der Waals surface area contributed by atoms with Crippen LogP contribution < -0.4 is 4.72 Å². The van der Waals surface area contributed by atoms with Crippen LogP contribution in [0.4, 0.5) is 0 Å². The fourth-order valence-electron chi connectivity index (χ4n) is 1.71. The Balaban J connectivity index is 2.27. The van der Waals surface area contributed by atoms with Crippen LogP contribution in [0.5, 0.6) is 0 Å². The number of rotatable bonds is 5. The molecule has 0 aliphatic heterocycles. The molecule has 0 saturated heterocycles. The van der Waals surface area contributed by atoms with Crippen LogP contribution in [-0.4, -0.2) is 26.5 Å². The van der Waals surface area contributed by atoms with Crippen molar-refractivity contribution in [3.05, 3.63) is 31.9 Å². The number of hydrogen-bond acceptors (Lipinski definition) is 7. The number of nitrogens with zero attached hydrogens (tertiary/aromatic N) is 1. The van der Waals surface area contributed by atoms with Gasteiger partial charge in [0.1, 0.15) is 14.8 Å². The van der Waals surface area contributed by atoms with Gasteiger partial charge in [0.15, 0.2) is 0 Å². The van der Waals surface area contributed by atoms with Gasteiger partial charge in [0.2, 0.25) is 10.0 Å². The molecule has 0 unspecified atom stereocenters. The summed E-state index contributed by atoms with van der Waals surface area (Å²) in [5.41, 5.74) is 0.517. The molecule has 114 valence electrons. The minimum Gasteiger partial charge on any atom is -0.465 e. The van der Waals surface area contributed by atoms with Gasteiger partial charge in [-0.1, -0.05) is 0 Å². The average Bonchev–Trinajstić information content (AvgIpc) is 3.02. The van der Waals surface area contributed by atoms with E-state index in [1.165, 1.54) is 18.4 Å². The first-order valence-electron chi connectivity index (χ1n) is 5.92. The molecule has 0 saturated carbocycles. The number of carbonyl (C=O) groups is 1. The Morgan fingerprint density at radius 3 is 2.71 bits per heavy atom. The molecule has 0 radical (unpaired) electrons. The minimum atomic E-state index is -3.80. The number of methoxy groups -OCH3 is 1. The highest BCUT2D eigenvalue weighted by molar-refractivity contribution is 7.89.